The summed E-state index contributed by atoms with van der Waals surface area (Å²) in [6, 6.07) is 8.75. The van der Waals surface area contributed by atoms with E-state index < -0.39 is 0 Å². The molecular weight excluding hydrogens is 266 g/mol. The lowest BCUT2D eigenvalue weighted by Gasteiger charge is -2.39. The van der Waals surface area contributed by atoms with Crippen molar-refractivity contribution < 1.29 is 5.11 Å². The number of fused-ring (bicyclic) bond motifs is 1. The zero-order valence-electron chi connectivity index (χ0n) is 12.3. The monoisotopic (exact) mass is 291 g/mol. The molecule has 0 radical (unpaired) electrons. The average molecular weight is 291 g/mol. The third kappa shape index (κ3) is 2.90. The highest BCUT2D eigenvalue weighted by Gasteiger charge is 2.34. The molecule has 1 unspecified atom stereocenters. The van der Waals surface area contributed by atoms with E-state index in [4.69, 9.17) is 0 Å². The molecule has 3 heteroatoms. The van der Waals surface area contributed by atoms with Crippen LogP contribution in [0.3, 0.4) is 0 Å². The van der Waals surface area contributed by atoms with Crippen LogP contribution in [0.2, 0.25) is 0 Å². The van der Waals surface area contributed by atoms with Gasteiger partial charge in [-0.1, -0.05) is 25.1 Å². The summed E-state index contributed by atoms with van der Waals surface area (Å²) < 4.78 is 0. The first kappa shape index (κ1) is 14.4. The SMILES string of the molecule is CC1CCC(CO)(NCC2CSc3ccccc32)CC1. The van der Waals surface area contributed by atoms with Gasteiger partial charge in [0, 0.05) is 28.6 Å². The third-order valence-corrected chi connectivity index (χ3v) is 6.31. The van der Waals surface area contributed by atoms with Crippen LogP contribution < -0.4 is 5.32 Å². The van der Waals surface area contributed by atoms with Gasteiger partial charge in [-0.25, -0.2) is 0 Å². The van der Waals surface area contributed by atoms with Crippen molar-refractivity contribution >= 4 is 11.8 Å². The molecule has 0 saturated heterocycles. The van der Waals surface area contributed by atoms with Crippen LogP contribution in [-0.2, 0) is 0 Å². The fourth-order valence-corrected chi connectivity index (χ4v) is 4.70. The van der Waals surface area contributed by atoms with Crippen LogP contribution >= 0.6 is 11.8 Å². The third-order valence-electron chi connectivity index (χ3n) is 5.06. The normalized spacial score (nSPS) is 33.1. The topological polar surface area (TPSA) is 32.3 Å². The van der Waals surface area contributed by atoms with E-state index in [0.717, 1.165) is 25.3 Å². The minimum absolute atomic E-state index is 0.0191. The molecule has 1 aromatic carbocycles. The van der Waals surface area contributed by atoms with E-state index in [1.807, 2.05) is 11.8 Å². The van der Waals surface area contributed by atoms with Gasteiger partial charge in [-0.05, 0) is 43.2 Å². The molecule has 1 aliphatic carbocycles. The van der Waals surface area contributed by atoms with E-state index in [2.05, 4.69) is 36.5 Å². The average Bonchev–Trinajstić information content (AvgIpc) is 2.91. The van der Waals surface area contributed by atoms with Crippen molar-refractivity contribution in [3.8, 4) is 0 Å². The smallest absolute Gasteiger partial charge is 0.0613 e. The molecule has 1 atom stereocenters. The highest BCUT2D eigenvalue weighted by atomic mass is 32.2. The first-order valence-corrected chi connectivity index (χ1v) is 8.79. The Kier molecular flexibility index (Phi) is 4.39. The second-order valence-corrected chi connectivity index (χ2v) is 7.61. The van der Waals surface area contributed by atoms with E-state index in [1.165, 1.54) is 29.1 Å². The van der Waals surface area contributed by atoms with Gasteiger partial charge in [-0.2, -0.15) is 0 Å². The summed E-state index contributed by atoms with van der Waals surface area (Å²) in [7, 11) is 0. The van der Waals surface area contributed by atoms with Crippen LogP contribution in [0, 0.1) is 5.92 Å². The zero-order valence-corrected chi connectivity index (χ0v) is 13.1. The summed E-state index contributed by atoms with van der Waals surface area (Å²) in [6.45, 7) is 3.60. The van der Waals surface area contributed by atoms with Gasteiger partial charge in [0.1, 0.15) is 0 Å². The van der Waals surface area contributed by atoms with E-state index in [9.17, 15) is 5.11 Å². The molecule has 2 N–H and O–H groups in total. The molecule has 110 valence electrons. The fraction of sp³-hybridized carbons (Fsp3) is 0.647. The molecule has 3 rings (SSSR count). The number of hydrogen-bond donors (Lipinski definition) is 2. The Morgan fingerprint density at radius 1 is 1.30 bits per heavy atom. The van der Waals surface area contributed by atoms with Gasteiger partial charge >= 0.3 is 0 Å². The predicted octanol–water partition coefficient (Wildman–Crippen LogP) is 3.41. The van der Waals surface area contributed by atoms with Crippen LogP contribution in [0.15, 0.2) is 29.2 Å². The van der Waals surface area contributed by atoms with Crippen LogP contribution in [0.4, 0.5) is 0 Å². The molecule has 0 spiro atoms. The Balaban J connectivity index is 1.62. The summed E-state index contributed by atoms with van der Waals surface area (Å²) in [5.74, 6) is 2.59. The molecule has 0 aromatic heterocycles. The number of rotatable bonds is 4. The largest absolute Gasteiger partial charge is 0.394 e. The fourth-order valence-electron chi connectivity index (χ4n) is 3.44. The van der Waals surface area contributed by atoms with Crippen LogP contribution in [-0.4, -0.2) is 29.5 Å². The van der Waals surface area contributed by atoms with Gasteiger partial charge < -0.3 is 10.4 Å². The number of aliphatic hydroxyl groups is 1. The van der Waals surface area contributed by atoms with Gasteiger partial charge in [-0.15, -0.1) is 11.8 Å². The summed E-state index contributed by atoms with van der Waals surface area (Å²) >= 11 is 1.97. The quantitative estimate of drug-likeness (QED) is 0.891. The predicted molar refractivity (Wildman–Crippen MR) is 85.4 cm³/mol. The molecule has 0 amide bonds. The number of benzene rings is 1. The zero-order chi connectivity index (χ0) is 14.0. The first-order valence-electron chi connectivity index (χ1n) is 7.80. The van der Waals surface area contributed by atoms with Crippen LogP contribution in [0.1, 0.15) is 44.1 Å². The summed E-state index contributed by atoms with van der Waals surface area (Å²) in [5.41, 5.74) is 1.47. The molecule has 1 heterocycles. The maximum absolute atomic E-state index is 9.83. The lowest BCUT2D eigenvalue weighted by atomic mass is 9.77. The second kappa shape index (κ2) is 6.08. The lowest BCUT2D eigenvalue weighted by molar-refractivity contribution is 0.105. The van der Waals surface area contributed by atoms with Crippen LogP contribution in [0.25, 0.3) is 0 Å². The molecule has 1 aromatic rings. The first-order chi connectivity index (χ1) is 9.72. The van der Waals surface area contributed by atoms with E-state index in [-0.39, 0.29) is 12.1 Å². The van der Waals surface area contributed by atoms with E-state index >= 15 is 0 Å². The Hall–Kier alpha value is -0.510. The van der Waals surface area contributed by atoms with Crippen molar-refractivity contribution in [1.29, 1.82) is 0 Å². The van der Waals surface area contributed by atoms with Crippen molar-refractivity contribution in [3.63, 3.8) is 0 Å². The molecular formula is C17H25NOS. The van der Waals surface area contributed by atoms with E-state index in [0.29, 0.717) is 5.92 Å². The molecule has 20 heavy (non-hydrogen) atoms. The lowest BCUT2D eigenvalue weighted by Crippen LogP contribution is -2.52. The summed E-state index contributed by atoms with van der Waals surface area (Å²) in [5, 5.41) is 13.6. The van der Waals surface area contributed by atoms with Gasteiger partial charge in [0.05, 0.1) is 6.61 Å². The van der Waals surface area contributed by atoms with Gasteiger partial charge in [0.15, 0.2) is 0 Å². The van der Waals surface area contributed by atoms with Crippen molar-refractivity contribution in [3.05, 3.63) is 29.8 Å². The molecule has 2 nitrogen and oxygen atoms in total. The van der Waals surface area contributed by atoms with E-state index in [1.54, 1.807) is 0 Å². The molecule has 1 fully saturated rings. The van der Waals surface area contributed by atoms with Crippen molar-refractivity contribution in [2.24, 2.45) is 5.92 Å². The Labute approximate surface area is 126 Å². The van der Waals surface area contributed by atoms with Gasteiger partial charge in [0.2, 0.25) is 0 Å². The minimum Gasteiger partial charge on any atom is -0.394 e. The molecule has 0 bridgehead atoms. The molecule has 1 saturated carbocycles. The summed E-state index contributed by atoms with van der Waals surface area (Å²) in [6.07, 6.45) is 4.71. The Morgan fingerprint density at radius 3 is 2.80 bits per heavy atom. The maximum Gasteiger partial charge on any atom is 0.0613 e. The standard InChI is InChI=1S/C17H25NOS/c1-13-6-8-17(12-19,9-7-13)18-10-14-11-20-16-5-3-2-4-15(14)16/h2-5,13-14,18-19H,6-12H2,1H3. The maximum atomic E-state index is 9.83. The van der Waals surface area contributed by atoms with Crippen molar-refractivity contribution in [2.75, 3.05) is 18.9 Å². The second-order valence-electron chi connectivity index (χ2n) is 6.55. The van der Waals surface area contributed by atoms with Crippen LogP contribution in [0.5, 0.6) is 0 Å². The number of thioether (sulfide) groups is 1. The van der Waals surface area contributed by atoms with Gasteiger partial charge in [0.25, 0.3) is 0 Å². The minimum atomic E-state index is -0.0191. The van der Waals surface area contributed by atoms with Crippen molar-refractivity contribution in [1.82, 2.24) is 5.32 Å². The Morgan fingerprint density at radius 2 is 2.05 bits per heavy atom. The Bertz CT molecular complexity index is 454. The van der Waals surface area contributed by atoms with Crippen molar-refractivity contribution in [2.45, 2.75) is 49.0 Å². The number of nitrogens with one attached hydrogen (secondary N) is 1. The molecule has 1 aliphatic heterocycles. The summed E-state index contributed by atoms with van der Waals surface area (Å²) in [4.78, 5) is 1.44. The molecule has 2 aliphatic rings. The number of aliphatic hydroxyl groups excluding tert-OH is 1. The van der Waals surface area contributed by atoms with Gasteiger partial charge in [-0.3, -0.25) is 0 Å². The highest BCUT2D eigenvalue weighted by Crippen LogP contribution is 2.39. The number of hydrogen-bond acceptors (Lipinski definition) is 3. The highest BCUT2D eigenvalue weighted by molar-refractivity contribution is 7.99.